The van der Waals surface area contributed by atoms with Crippen LogP contribution in [0.4, 0.5) is 0 Å². The van der Waals surface area contributed by atoms with Crippen molar-refractivity contribution in [2.75, 3.05) is 6.61 Å². The first kappa shape index (κ1) is 5.30. The average molecular weight is 126 g/mol. The smallest absolute Gasteiger partial charge is 0.202 e. The number of hydrogen-bond acceptors (Lipinski definition) is 2. The van der Waals surface area contributed by atoms with Gasteiger partial charge in [-0.25, -0.2) is 0 Å². The molecule has 0 aliphatic carbocycles. The highest BCUT2D eigenvalue weighted by Crippen LogP contribution is 2.35. The summed E-state index contributed by atoms with van der Waals surface area (Å²) in [6.07, 6.45) is 2.20. The van der Waals surface area contributed by atoms with Gasteiger partial charge in [0.15, 0.2) is 0 Å². The van der Waals surface area contributed by atoms with E-state index in [1.165, 1.54) is 0 Å². The zero-order chi connectivity index (χ0) is 6.27. The summed E-state index contributed by atoms with van der Waals surface area (Å²) in [4.78, 5) is 0. The Labute approximate surface area is 54.5 Å². The van der Waals surface area contributed by atoms with E-state index in [0.717, 1.165) is 25.2 Å². The normalized spacial score (nSPS) is 40.7. The Morgan fingerprint density at radius 3 is 3.22 bits per heavy atom. The minimum Gasteiger partial charge on any atom is -0.470 e. The Bertz CT molecular complexity index is 128. The third kappa shape index (κ3) is 0.741. The molecule has 0 radical (unpaired) electrons. The summed E-state index contributed by atoms with van der Waals surface area (Å²) in [6.45, 7) is 4.60. The highest BCUT2D eigenvalue weighted by atomic mass is 16.7. The summed E-state index contributed by atoms with van der Waals surface area (Å²) in [5.41, 5.74) is 0. The summed E-state index contributed by atoms with van der Waals surface area (Å²) in [5, 5.41) is 0. The Hall–Kier alpha value is -0.500. The second-order valence-corrected chi connectivity index (χ2v) is 2.65. The van der Waals surface area contributed by atoms with Gasteiger partial charge in [0.1, 0.15) is 0 Å². The Balaban J connectivity index is 2.09. The summed E-state index contributed by atoms with van der Waals surface area (Å²) in [7, 11) is 0. The molecule has 2 atom stereocenters. The monoisotopic (exact) mass is 126 g/mol. The van der Waals surface area contributed by atoms with Crippen molar-refractivity contribution in [2.24, 2.45) is 5.92 Å². The van der Waals surface area contributed by atoms with Crippen LogP contribution in [0.2, 0.25) is 0 Å². The van der Waals surface area contributed by atoms with Crippen LogP contribution in [0.5, 0.6) is 0 Å². The van der Waals surface area contributed by atoms with Gasteiger partial charge in [0, 0.05) is 12.3 Å². The Kier molecular flexibility index (Phi) is 1.02. The van der Waals surface area contributed by atoms with E-state index < -0.39 is 0 Å². The molecule has 2 fully saturated rings. The zero-order valence-electron chi connectivity index (χ0n) is 5.30. The van der Waals surface area contributed by atoms with E-state index in [-0.39, 0.29) is 6.29 Å². The predicted molar refractivity (Wildman–Crippen MR) is 32.7 cm³/mol. The first-order chi connectivity index (χ1) is 4.36. The van der Waals surface area contributed by atoms with Crippen LogP contribution in [0.25, 0.3) is 0 Å². The molecule has 2 heterocycles. The molecule has 2 aliphatic rings. The standard InChI is InChI=1S/C7H10O2/c1-5-4-6-2-3-8-7(6)9-5/h6-7H,1-4H2. The summed E-state index contributed by atoms with van der Waals surface area (Å²) < 4.78 is 10.5. The molecule has 50 valence electrons. The first-order valence-electron chi connectivity index (χ1n) is 3.32. The quantitative estimate of drug-likeness (QED) is 0.486. The van der Waals surface area contributed by atoms with Crippen molar-refractivity contribution in [1.29, 1.82) is 0 Å². The molecule has 2 heteroatoms. The van der Waals surface area contributed by atoms with Crippen molar-refractivity contribution in [3.63, 3.8) is 0 Å². The van der Waals surface area contributed by atoms with Gasteiger partial charge in [0.2, 0.25) is 6.29 Å². The lowest BCUT2D eigenvalue weighted by atomic mass is 10.1. The third-order valence-corrected chi connectivity index (χ3v) is 1.93. The number of rotatable bonds is 0. The summed E-state index contributed by atoms with van der Waals surface area (Å²) in [6, 6.07) is 0. The van der Waals surface area contributed by atoms with E-state index >= 15 is 0 Å². The molecule has 2 unspecified atom stereocenters. The third-order valence-electron chi connectivity index (χ3n) is 1.93. The van der Waals surface area contributed by atoms with Gasteiger partial charge in [-0.3, -0.25) is 0 Å². The largest absolute Gasteiger partial charge is 0.470 e. The fourth-order valence-electron chi connectivity index (χ4n) is 1.44. The molecule has 2 aliphatic heterocycles. The molecule has 2 saturated heterocycles. The van der Waals surface area contributed by atoms with Gasteiger partial charge in [-0.05, 0) is 6.42 Å². The van der Waals surface area contributed by atoms with Crippen LogP contribution in [0.15, 0.2) is 12.3 Å². The molecule has 0 aromatic carbocycles. The van der Waals surface area contributed by atoms with Crippen molar-refractivity contribution >= 4 is 0 Å². The number of ether oxygens (including phenoxy) is 2. The van der Waals surface area contributed by atoms with Gasteiger partial charge in [-0.15, -0.1) is 0 Å². The molecule has 9 heavy (non-hydrogen) atoms. The highest BCUT2D eigenvalue weighted by molar-refractivity contribution is 4.95. The highest BCUT2D eigenvalue weighted by Gasteiger charge is 2.36. The van der Waals surface area contributed by atoms with Gasteiger partial charge < -0.3 is 9.47 Å². The molecule has 0 aromatic heterocycles. The number of allylic oxidation sites excluding steroid dienone is 1. The molecule has 0 aromatic rings. The topological polar surface area (TPSA) is 18.5 Å². The lowest BCUT2D eigenvalue weighted by Crippen LogP contribution is -2.08. The van der Waals surface area contributed by atoms with E-state index in [0.29, 0.717) is 5.92 Å². The van der Waals surface area contributed by atoms with Crippen molar-refractivity contribution in [3.8, 4) is 0 Å². The number of fused-ring (bicyclic) bond motifs is 1. The van der Waals surface area contributed by atoms with E-state index in [1.54, 1.807) is 0 Å². The predicted octanol–water partition coefficient (Wildman–Crippen LogP) is 1.28. The summed E-state index contributed by atoms with van der Waals surface area (Å²) in [5.74, 6) is 1.50. The zero-order valence-corrected chi connectivity index (χ0v) is 5.30. The molecule has 0 amide bonds. The Morgan fingerprint density at radius 1 is 1.56 bits per heavy atom. The first-order valence-corrected chi connectivity index (χ1v) is 3.32. The molecule has 0 saturated carbocycles. The Morgan fingerprint density at radius 2 is 2.44 bits per heavy atom. The van der Waals surface area contributed by atoms with Gasteiger partial charge in [0.25, 0.3) is 0 Å². The van der Waals surface area contributed by atoms with Crippen LogP contribution >= 0.6 is 0 Å². The van der Waals surface area contributed by atoms with E-state index in [4.69, 9.17) is 9.47 Å². The molecule has 2 rings (SSSR count). The summed E-state index contributed by atoms with van der Waals surface area (Å²) >= 11 is 0. The molecule has 0 spiro atoms. The van der Waals surface area contributed by atoms with Crippen molar-refractivity contribution in [2.45, 2.75) is 19.1 Å². The van der Waals surface area contributed by atoms with Crippen molar-refractivity contribution in [3.05, 3.63) is 12.3 Å². The van der Waals surface area contributed by atoms with E-state index in [1.807, 2.05) is 0 Å². The van der Waals surface area contributed by atoms with Crippen LogP contribution in [-0.4, -0.2) is 12.9 Å². The fraction of sp³-hybridized carbons (Fsp3) is 0.714. The van der Waals surface area contributed by atoms with Crippen molar-refractivity contribution < 1.29 is 9.47 Å². The second kappa shape index (κ2) is 1.74. The molecule has 0 bridgehead atoms. The molecular weight excluding hydrogens is 116 g/mol. The van der Waals surface area contributed by atoms with Crippen molar-refractivity contribution in [1.82, 2.24) is 0 Å². The second-order valence-electron chi connectivity index (χ2n) is 2.65. The lowest BCUT2D eigenvalue weighted by molar-refractivity contribution is -0.0705. The van der Waals surface area contributed by atoms with Gasteiger partial charge >= 0.3 is 0 Å². The average Bonchev–Trinajstić information content (AvgIpc) is 2.22. The van der Waals surface area contributed by atoms with Crippen LogP contribution in [0.1, 0.15) is 12.8 Å². The van der Waals surface area contributed by atoms with E-state index in [9.17, 15) is 0 Å². The minimum atomic E-state index is 0.0532. The lowest BCUT2D eigenvalue weighted by Gasteiger charge is -2.05. The maximum atomic E-state index is 5.27. The molecular formula is C7H10O2. The maximum absolute atomic E-state index is 5.27. The SMILES string of the molecule is C=C1CC2CCOC2O1. The fourth-order valence-corrected chi connectivity index (χ4v) is 1.44. The number of hydrogen-bond donors (Lipinski definition) is 0. The van der Waals surface area contributed by atoms with Gasteiger partial charge in [-0.2, -0.15) is 0 Å². The van der Waals surface area contributed by atoms with Gasteiger partial charge in [-0.1, -0.05) is 6.58 Å². The van der Waals surface area contributed by atoms with Gasteiger partial charge in [0.05, 0.1) is 12.4 Å². The van der Waals surface area contributed by atoms with Crippen LogP contribution in [0.3, 0.4) is 0 Å². The van der Waals surface area contributed by atoms with Crippen LogP contribution in [0, 0.1) is 5.92 Å². The van der Waals surface area contributed by atoms with E-state index in [2.05, 4.69) is 6.58 Å². The van der Waals surface area contributed by atoms with Crippen LogP contribution < -0.4 is 0 Å². The van der Waals surface area contributed by atoms with Crippen LogP contribution in [-0.2, 0) is 9.47 Å². The minimum absolute atomic E-state index is 0.0532. The molecule has 0 N–H and O–H groups in total. The maximum Gasteiger partial charge on any atom is 0.202 e. The molecule has 2 nitrogen and oxygen atoms in total.